The van der Waals surface area contributed by atoms with Gasteiger partial charge in [-0.2, -0.15) is 0 Å². The number of aryl methyl sites for hydroxylation is 1. The zero-order valence-electron chi connectivity index (χ0n) is 11.8. The molecular weight excluding hydrogens is 274 g/mol. The zero-order chi connectivity index (χ0) is 14.4. The molecule has 110 valence electrons. The molecule has 1 saturated heterocycles. The van der Waals surface area contributed by atoms with Gasteiger partial charge in [-0.3, -0.25) is 4.79 Å². The summed E-state index contributed by atoms with van der Waals surface area (Å²) in [4.78, 5) is 27.0. The van der Waals surface area contributed by atoms with Gasteiger partial charge in [0.25, 0.3) is 0 Å². The molecule has 2 heterocycles. The molecule has 1 unspecified atom stereocenters. The van der Waals surface area contributed by atoms with Gasteiger partial charge in [0.15, 0.2) is 0 Å². The number of esters is 1. The van der Waals surface area contributed by atoms with Crippen LogP contribution < -0.4 is 0 Å². The quantitative estimate of drug-likeness (QED) is 0.785. The minimum Gasteiger partial charge on any atom is -0.467 e. The number of carbonyl (C=O) groups is 2. The molecule has 20 heavy (non-hydrogen) atoms. The predicted molar refractivity (Wildman–Crippen MR) is 78.6 cm³/mol. The normalized spacial score (nSPS) is 18.9. The Hall–Kier alpha value is -1.36. The first-order valence-corrected chi connectivity index (χ1v) is 8.00. The Morgan fingerprint density at radius 2 is 2.30 bits per heavy atom. The molecule has 1 aliphatic heterocycles. The van der Waals surface area contributed by atoms with E-state index in [0.29, 0.717) is 13.0 Å². The minimum atomic E-state index is -0.372. The van der Waals surface area contributed by atoms with Crippen molar-refractivity contribution < 1.29 is 14.3 Å². The van der Waals surface area contributed by atoms with Crippen LogP contribution in [0.2, 0.25) is 0 Å². The van der Waals surface area contributed by atoms with Gasteiger partial charge in [-0.1, -0.05) is 6.07 Å². The molecule has 1 aromatic heterocycles. The Bertz CT molecular complexity index is 444. The van der Waals surface area contributed by atoms with Crippen LogP contribution in [0.5, 0.6) is 0 Å². The van der Waals surface area contributed by atoms with E-state index >= 15 is 0 Å². The van der Waals surface area contributed by atoms with E-state index in [4.69, 9.17) is 4.74 Å². The fourth-order valence-electron chi connectivity index (χ4n) is 2.62. The molecule has 0 saturated carbocycles. The molecule has 0 radical (unpaired) electrons. The van der Waals surface area contributed by atoms with Crippen molar-refractivity contribution in [3.8, 4) is 0 Å². The van der Waals surface area contributed by atoms with Crippen LogP contribution >= 0.6 is 11.3 Å². The summed E-state index contributed by atoms with van der Waals surface area (Å²) in [5, 5.41) is 2.05. The van der Waals surface area contributed by atoms with E-state index in [2.05, 4.69) is 11.4 Å². The maximum atomic E-state index is 12.3. The van der Waals surface area contributed by atoms with Crippen molar-refractivity contribution in [2.45, 2.75) is 44.6 Å². The van der Waals surface area contributed by atoms with E-state index < -0.39 is 0 Å². The Balaban J connectivity index is 1.84. The first kappa shape index (κ1) is 15.0. The first-order chi connectivity index (χ1) is 9.72. The van der Waals surface area contributed by atoms with Gasteiger partial charge >= 0.3 is 5.97 Å². The second-order valence-electron chi connectivity index (χ2n) is 5.05. The van der Waals surface area contributed by atoms with Crippen molar-refractivity contribution in [2.75, 3.05) is 13.7 Å². The fourth-order valence-corrected chi connectivity index (χ4v) is 3.37. The van der Waals surface area contributed by atoms with Crippen LogP contribution in [0.4, 0.5) is 0 Å². The SMILES string of the molecule is COC(=O)C1CCCCN1C(=O)CCCc1cccs1. The Morgan fingerprint density at radius 1 is 1.45 bits per heavy atom. The van der Waals surface area contributed by atoms with Gasteiger partial charge in [0.05, 0.1) is 7.11 Å². The Kier molecular flexibility index (Phi) is 5.59. The smallest absolute Gasteiger partial charge is 0.328 e. The molecule has 1 aliphatic rings. The number of nitrogens with zero attached hydrogens (tertiary/aromatic N) is 1. The highest BCUT2D eigenvalue weighted by Crippen LogP contribution is 2.20. The molecule has 1 atom stereocenters. The van der Waals surface area contributed by atoms with E-state index in [1.165, 1.54) is 12.0 Å². The molecule has 5 heteroatoms. The number of methoxy groups -OCH3 is 1. The number of piperidine rings is 1. The molecule has 0 spiro atoms. The van der Waals surface area contributed by atoms with Crippen LogP contribution in [-0.2, 0) is 20.7 Å². The third kappa shape index (κ3) is 3.82. The largest absolute Gasteiger partial charge is 0.467 e. The maximum absolute atomic E-state index is 12.3. The third-order valence-electron chi connectivity index (χ3n) is 3.69. The number of likely N-dealkylation sites (tertiary alicyclic amines) is 1. The summed E-state index contributed by atoms with van der Waals surface area (Å²) >= 11 is 1.72. The summed E-state index contributed by atoms with van der Waals surface area (Å²) in [5.41, 5.74) is 0. The maximum Gasteiger partial charge on any atom is 0.328 e. The molecule has 0 bridgehead atoms. The number of carbonyl (C=O) groups excluding carboxylic acids is 2. The van der Waals surface area contributed by atoms with Crippen LogP contribution in [0.1, 0.15) is 37.0 Å². The molecule has 1 aromatic rings. The average molecular weight is 295 g/mol. The highest BCUT2D eigenvalue weighted by molar-refractivity contribution is 7.09. The topological polar surface area (TPSA) is 46.6 Å². The van der Waals surface area contributed by atoms with Crippen LogP contribution in [0.3, 0.4) is 0 Å². The molecule has 0 aliphatic carbocycles. The molecule has 0 N–H and O–H groups in total. The van der Waals surface area contributed by atoms with Gasteiger partial charge in [0, 0.05) is 17.8 Å². The lowest BCUT2D eigenvalue weighted by molar-refractivity contribution is -0.154. The highest BCUT2D eigenvalue weighted by Gasteiger charge is 2.32. The van der Waals surface area contributed by atoms with E-state index in [1.807, 2.05) is 6.07 Å². The van der Waals surface area contributed by atoms with Crippen LogP contribution in [0.25, 0.3) is 0 Å². The summed E-state index contributed by atoms with van der Waals surface area (Å²) in [5.74, 6) is -0.201. The summed E-state index contributed by atoms with van der Waals surface area (Å²) in [6.45, 7) is 0.678. The van der Waals surface area contributed by atoms with Crippen molar-refractivity contribution in [1.29, 1.82) is 0 Å². The molecule has 2 rings (SSSR count). The summed E-state index contributed by atoms with van der Waals surface area (Å²) < 4.78 is 4.80. The van der Waals surface area contributed by atoms with Crippen molar-refractivity contribution in [2.24, 2.45) is 0 Å². The minimum absolute atomic E-state index is 0.0802. The first-order valence-electron chi connectivity index (χ1n) is 7.12. The molecule has 1 fully saturated rings. The Labute approximate surface area is 123 Å². The van der Waals surface area contributed by atoms with Crippen LogP contribution in [0.15, 0.2) is 17.5 Å². The van der Waals surface area contributed by atoms with Gasteiger partial charge < -0.3 is 9.64 Å². The number of amides is 1. The van der Waals surface area contributed by atoms with Crippen molar-refractivity contribution in [3.63, 3.8) is 0 Å². The lowest BCUT2D eigenvalue weighted by Crippen LogP contribution is -2.48. The van der Waals surface area contributed by atoms with Crippen molar-refractivity contribution in [1.82, 2.24) is 4.90 Å². The molecular formula is C15H21NO3S. The highest BCUT2D eigenvalue weighted by atomic mass is 32.1. The number of hydrogen-bond donors (Lipinski definition) is 0. The second kappa shape index (κ2) is 7.43. The number of ether oxygens (including phenoxy) is 1. The van der Waals surface area contributed by atoms with Crippen LogP contribution in [-0.4, -0.2) is 36.5 Å². The van der Waals surface area contributed by atoms with Crippen LogP contribution in [0, 0.1) is 0 Å². The lowest BCUT2D eigenvalue weighted by atomic mass is 10.0. The van der Waals surface area contributed by atoms with Gasteiger partial charge in [-0.15, -0.1) is 11.3 Å². The van der Waals surface area contributed by atoms with E-state index in [-0.39, 0.29) is 17.9 Å². The van der Waals surface area contributed by atoms with E-state index in [1.54, 1.807) is 16.2 Å². The number of thiophene rings is 1. The fraction of sp³-hybridized carbons (Fsp3) is 0.600. The standard InChI is InChI=1S/C15H21NO3S/c1-19-15(18)13-8-2-3-10-16(13)14(17)9-4-6-12-7-5-11-20-12/h5,7,11,13H,2-4,6,8-10H2,1H3. The number of rotatable bonds is 5. The zero-order valence-corrected chi connectivity index (χ0v) is 12.7. The lowest BCUT2D eigenvalue weighted by Gasteiger charge is -2.33. The Morgan fingerprint density at radius 3 is 3.00 bits per heavy atom. The molecule has 4 nitrogen and oxygen atoms in total. The van der Waals surface area contributed by atoms with Gasteiger partial charge in [0.2, 0.25) is 5.91 Å². The van der Waals surface area contributed by atoms with E-state index in [0.717, 1.165) is 32.1 Å². The second-order valence-corrected chi connectivity index (χ2v) is 6.09. The van der Waals surface area contributed by atoms with E-state index in [9.17, 15) is 9.59 Å². The van der Waals surface area contributed by atoms with Gasteiger partial charge in [0.1, 0.15) is 6.04 Å². The van der Waals surface area contributed by atoms with Crippen molar-refractivity contribution in [3.05, 3.63) is 22.4 Å². The predicted octanol–water partition coefficient (Wildman–Crippen LogP) is 2.62. The third-order valence-corrected chi connectivity index (χ3v) is 4.63. The van der Waals surface area contributed by atoms with Crippen molar-refractivity contribution >= 4 is 23.2 Å². The molecule has 1 amide bonds. The van der Waals surface area contributed by atoms with Gasteiger partial charge in [-0.05, 0) is 43.6 Å². The summed E-state index contributed by atoms with van der Waals surface area (Å²) in [6.07, 6.45) is 4.96. The summed E-state index contributed by atoms with van der Waals surface area (Å²) in [6, 6.07) is 3.75. The number of hydrogen-bond acceptors (Lipinski definition) is 4. The average Bonchev–Trinajstić information content (AvgIpc) is 2.99. The molecule has 0 aromatic carbocycles. The van der Waals surface area contributed by atoms with Gasteiger partial charge in [-0.25, -0.2) is 4.79 Å². The summed E-state index contributed by atoms with van der Waals surface area (Å²) in [7, 11) is 1.39. The monoisotopic (exact) mass is 295 g/mol.